The van der Waals surface area contributed by atoms with Gasteiger partial charge in [0, 0.05) is 31.0 Å². The van der Waals surface area contributed by atoms with E-state index in [1.807, 2.05) is 49.4 Å². The molecule has 3 rings (SSSR count). The molecule has 6 heteroatoms. The molecule has 0 bridgehead atoms. The van der Waals surface area contributed by atoms with Crippen molar-refractivity contribution in [2.45, 2.75) is 13.8 Å². The van der Waals surface area contributed by atoms with Crippen molar-refractivity contribution in [3.05, 3.63) is 60.2 Å². The predicted molar refractivity (Wildman–Crippen MR) is 104 cm³/mol. The molecule has 1 aliphatic rings. The van der Waals surface area contributed by atoms with Gasteiger partial charge in [0.1, 0.15) is 0 Å². The van der Waals surface area contributed by atoms with Crippen molar-refractivity contribution in [1.82, 2.24) is 4.90 Å². The third kappa shape index (κ3) is 4.34. The van der Waals surface area contributed by atoms with Crippen molar-refractivity contribution < 1.29 is 14.4 Å². The van der Waals surface area contributed by atoms with E-state index in [4.69, 9.17) is 0 Å². The number of para-hydroxylation sites is 1. The van der Waals surface area contributed by atoms with Gasteiger partial charge in [0.25, 0.3) is 0 Å². The Bertz CT molecular complexity index is 834. The predicted octanol–water partition coefficient (Wildman–Crippen LogP) is 2.45. The number of rotatable bonds is 5. The summed E-state index contributed by atoms with van der Waals surface area (Å²) in [6.07, 6.45) is 0. The van der Waals surface area contributed by atoms with Crippen LogP contribution < -0.4 is 10.2 Å². The van der Waals surface area contributed by atoms with Gasteiger partial charge >= 0.3 is 11.8 Å². The summed E-state index contributed by atoms with van der Waals surface area (Å²) in [4.78, 5) is 40.3. The summed E-state index contributed by atoms with van der Waals surface area (Å²) >= 11 is 0. The van der Waals surface area contributed by atoms with Crippen LogP contribution >= 0.6 is 0 Å². The number of piperazine rings is 1. The van der Waals surface area contributed by atoms with E-state index in [2.05, 4.69) is 5.32 Å². The fraction of sp³-hybridized carbons (Fsp3) is 0.286. The topological polar surface area (TPSA) is 69.7 Å². The zero-order chi connectivity index (χ0) is 19.4. The van der Waals surface area contributed by atoms with Crippen LogP contribution in [-0.4, -0.2) is 42.3 Å². The van der Waals surface area contributed by atoms with Crippen LogP contribution in [0.15, 0.2) is 54.6 Å². The summed E-state index contributed by atoms with van der Waals surface area (Å²) in [5.74, 6) is -1.73. The molecule has 1 fully saturated rings. The SMILES string of the molecule is Cc1ccc(NC(=O)[C@@H](C)CN2CCN(c3ccccc3)C(=O)C2=O)cc1. The number of benzene rings is 2. The molecule has 0 unspecified atom stereocenters. The highest BCUT2D eigenvalue weighted by Crippen LogP contribution is 2.18. The van der Waals surface area contributed by atoms with Gasteiger partial charge in [-0.05, 0) is 31.2 Å². The van der Waals surface area contributed by atoms with Gasteiger partial charge in [-0.15, -0.1) is 0 Å². The number of hydrogen-bond donors (Lipinski definition) is 1. The second-order valence-electron chi connectivity index (χ2n) is 6.80. The molecule has 1 N–H and O–H groups in total. The second kappa shape index (κ2) is 8.03. The van der Waals surface area contributed by atoms with Crippen LogP contribution in [0.5, 0.6) is 0 Å². The molecule has 1 atom stereocenters. The average molecular weight is 365 g/mol. The molecule has 27 heavy (non-hydrogen) atoms. The van der Waals surface area contributed by atoms with Crippen LogP contribution in [0.2, 0.25) is 0 Å². The second-order valence-corrected chi connectivity index (χ2v) is 6.80. The van der Waals surface area contributed by atoms with E-state index in [1.165, 1.54) is 9.80 Å². The molecule has 2 aromatic rings. The Morgan fingerprint density at radius 3 is 2.33 bits per heavy atom. The normalized spacial score (nSPS) is 15.6. The van der Waals surface area contributed by atoms with Gasteiger partial charge in [0.05, 0.1) is 5.92 Å². The van der Waals surface area contributed by atoms with Gasteiger partial charge < -0.3 is 15.1 Å². The van der Waals surface area contributed by atoms with Crippen molar-refractivity contribution in [2.24, 2.45) is 5.92 Å². The summed E-state index contributed by atoms with van der Waals surface area (Å²) in [6.45, 7) is 4.77. The number of nitrogens with one attached hydrogen (secondary N) is 1. The Morgan fingerprint density at radius 2 is 1.67 bits per heavy atom. The highest BCUT2D eigenvalue weighted by atomic mass is 16.2. The highest BCUT2D eigenvalue weighted by Gasteiger charge is 2.34. The minimum absolute atomic E-state index is 0.176. The summed E-state index contributed by atoms with van der Waals surface area (Å²) in [5, 5.41) is 2.85. The Hall–Kier alpha value is -3.15. The number of amides is 3. The molecule has 0 saturated carbocycles. The highest BCUT2D eigenvalue weighted by molar-refractivity contribution is 6.41. The van der Waals surface area contributed by atoms with Crippen LogP contribution in [0.1, 0.15) is 12.5 Å². The maximum absolute atomic E-state index is 12.5. The Kier molecular flexibility index (Phi) is 5.54. The van der Waals surface area contributed by atoms with E-state index in [0.29, 0.717) is 24.5 Å². The average Bonchev–Trinajstić information content (AvgIpc) is 2.68. The molecular weight excluding hydrogens is 342 g/mol. The van der Waals surface area contributed by atoms with Crippen LogP contribution in [-0.2, 0) is 14.4 Å². The molecule has 0 spiro atoms. The monoisotopic (exact) mass is 365 g/mol. The van der Waals surface area contributed by atoms with Gasteiger partial charge in [-0.2, -0.15) is 0 Å². The third-order valence-electron chi connectivity index (χ3n) is 4.64. The molecule has 1 aliphatic heterocycles. The quantitative estimate of drug-likeness (QED) is 0.828. The molecule has 3 amide bonds. The van der Waals surface area contributed by atoms with Gasteiger partial charge in [0.15, 0.2) is 0 Å². The smallest absolute Gasteiger partial charge is 0.316 e. The number of carbonyl (C=O) groups excluding carboxylic acids is 3. The summed E-state index contributed by atoms with van der Waals surface area (Å²) < 4.78 is 0. The van der Waals surface area contributed by atoms with Crippen LogP contribution in [0, 0.1) is 12.8 Å². The largest absolute Gasteiger partial charge is 0.332 e. The lowest BCUT2D eigenvalue weighted by atomic mass is 10.1. The van der Waals surface area contributed by atoms with E-state index < -0.39 is 17.7 Å². The zero-order valence-electron chi connectivity index (χ0n) is 15.5. The molecule has 0 aliphatic carbocycles. The van der Waals surface area contributed by atoms with E-state index in [-0.39, 0.29) is 12.5 Å². The number of carbonyl (C=O) groups is 3. The molecular formula is C21H23N3O3. The van der Waals surface area contributed by atoms with Crippen molar-refractivity contribution in [3.8, 4) is 0 Å². The van der Waals surface area contributed by atoms with Crippen LogP contribution in [0.25, 0.3) is 0 Å². The number of aryl methyl sites for hydroxylation is 1. The first-order valence-corrected chi connectivity index (χ1v) is 8.99. The molecule has 0 radical (unpaired) electrons. The van der Waals surface area contributed by atoms with Crippen molar-refractivity contribution >= 4 is 29.1 Å². The van der Waals surface area contributed by atoms with Gasteiger partial charge in [-0.25, -0.2) is 0 Å². The third-order valence-corrected chi connectivity index (χ3v) is 4.64. The molecule has 1 heterocycles. The maximum Gasteiger partial charge on any atom is 0.316 e. The standard InChI is InChI=1S/C21H23N3O3/c1-15-8-10-17(11-9-15)22-19(25)16(2)14-23-12-13-24(21(27)20(23)26)18-6-4-3-5-7-18/h3-11,16H,12-14H2,1-2H3,(H,22,25)/t16-/m0/s1. The lowest BCUT2D eigenvalue weighted by molar-refractivity contribution is -0.147. The van der Waals surface area contributed by atoms with Crippen molar-refractivity contribution in [2.75, 3.05) is 29.9 Å². The summed E-state index contributed by atoms with van der Waals surface area (Å²) in [6, 6.07) is 16.7. The lowest BCUT2D eigenvalue weighted by Gasteiger charge is -2.34. The first-order chi connectivity index (χ1) is 13.0. The van der Waals surface area contributed by atoms with Crippen LogP contribution in [0.4, 0.5) is 11.4 Å². The van der Waals surface area contributed by atoms with Gasteiger partial charge in [-0.3, -0.25) is 14.4 Å². The Morgan fingerprint density at radius 1 is 1.00 bits per heavy atom. The molecule has 0 aromatic heterocycles. The summed E-state index contributed by atoms with van der Waals surface area (Å²) in [7, 11) is 0. The number of hydrogen-bond acceptors (Lipinski definition) is 3. The Balaban J connectivity index is 1.59. The van der Waals surface area contributed by atoms with E-state index in [1.54, 1.807) is 19.1 Å². The minimum Gasteiger partial charge on any atom is -0.332 e. The first kappa shape index (κ1) is 18.6. The van der Waals surface area contributed by atoms with E-state index >= 15 is 0 Å². The van der Waals surface area contributed by atoms with Crippen LogP contribution in [0.3, 0.4) is 0 Å². The zero-order valence-corrected chi connectivity index (χ0v) is 15.5. The molecule has 6 nitrogen and oxygen atoms in total. The number of anilines is 2. The fourth-order valence-corrected chi connectivity index (χ4v) is 3.02. The van der Waals surface area contributed by atoms with Gasteiger partial charge in [0.2, 0.25) is 5.91 Å². The van der Waals surface area contributed by atoms with E-state index in [0.717, 1.165) is 5.56 Å². The van der Waals surface area contributed by atoms with E-state index in [9.17, 15) is 14.4 Å². The maximum atomic E-state index is 12.5. The lowest BCUT2D eigenvalue weighted by Crippen LogP contribution is -2.55. The molecule has 2 aromatic carbocycles. The number of nitrogens with zero attached hydrogens (tertiary/aromatic N) is 2. The fourth-order valence-electron chi connectivity index (χ4n) is 3.02. The van der Waals surface area contributed by atoms with Gasteiger partial charge in [-0.1, -0.05) is 42.8 Å². The van der Waals surface area contributed by atoms with Crippen molar-refractivity contribution in [3.63, 3.8) is 0 Å². The van der Waals surface area contributed by atoms with Crippen molar-refractivity contribution in [1.29, 1.82) is 0 Å². The molecule has 140 valence electrons. The Labute approximate surface area is 158 Å². The minimum atomic E-state index is -0.569. The molecule has 1 saturated heterocycles. The first-order valence-electron chi connectivity index (χ1n) is 8.99. The summed E-state index contributed by atoms with van der Waals surface area (Å²) in [5.41, 5.74) is 2.54.